The van der Waals surface area contributed by atoms with Gasteiger partial charge in [0.2, 0.25) is 0 Å². The van der Waals surface area contributed by atoms with Gasteiger partial charge in [-0.1, -0.05) is 11.8 Å². The summed E-state index contributed by atoms with van der Waals surface area (Å²) in [5, 5.41) is 21.9. The maximum Gasteiger partial charge on any atom is 0.313 e. The molecule has 2 heterocycles. The normalized spacial score (nSPS) is 11.0. The van der Waals surface area contributed by atoms with Gasteiger partial charge in [0.1, 0.15) is 5.69 Å². The lowest BCUT2D eigenvalue weighted by molar-refractivity contribution is -0.133. The minimum Gasteiger partial charge on any atom is -0.481 e. The number of aryl methyl sites for hydroxylation is 2. The number of hydrogen-bond acceptors (Lipinski definition) is 6. The molecule has 0 atom stereocenters. The summed E-state index contributed by atoms with van der Waals surface area (Å²) in [6, 6.07) is 1.92. The predicted octanol–water partition coefficient (Wildman–Crippen LogP) is 0.810. The Labute approximate surface area is 126 Å². The highest BCUT2D eigenvalue weighted by molar-refractivity contribution is 7.99. The van der Waals surface area contributed by atoms with E-state index in [9.17, 15) is 4.79 Å². The van der Waals surface area contributed by atoms with Crippen LogP contribution in [0.25, 0.3) is 11.5 Å². The average Bonchev–Trinajstić information content (AvgIpc) is 2.96. The maximum absolute atomic E-state index is 10.7. The molecule has 0 amide bonds. The second-order valence-corrected chi connectivity index (χ2v) is 5.37. The molecule has 0 spiro atoms. The molecule has 0 saturated carbocycles. The van der Waals surface area contributed by atoms with Crippen molar-refractivity contribution in [1.82, 2.24) is 24.5 Å². The summed E-state index contributed by atoms with van der Waals surface area (Å²) in [6.07, 6.45) is 0. The Balaban J connectivity index is 2.36. The van der Waals surface area contributed by atoms with E-state index in [1.165, 1.54) is 0 Å². The molecule has 9 heteroatoms. The van der Waals surface area contributed by atoms with Gasteiger partial charge in [0.15, 0.2) is 11.0 Å². The molecule has 0 aliphatic carbocycles. The number of hydrogen-bond donors (Lipinski definition) is 1. The van der Waals surface area contributed by atoms with E-state index >= 15 is 0 Å². The quantitative estimate of drug-likeness (QED) is 0.756. The van der Waals surface area contributed by atoms with E-state index in [1.54, 1.807) is 11.8 Å². The Hall–Kier alpha value is -1.87. The fourth-order valence-corrected chi connectivity index (χ4v) is 2.60. The van der Waals surface area contributed by atoms with Gasteiger partial charge >= 0.3 is 5.97 Å². The molecule has 0 saturated heterocycles. The molecular weight excluding hydrogens is 294 g/mol. The van der Waals surface area contributed by atoms with Crippen LogP contribution in [-0.4, -0.2) is 55.1 Å². The lowest BCUT2D eigenvalue weighted by atomic mass is 10.3. The number of aliphatic carboxylic acids is 1. The smallest absolute Gasteiger partial charge is 0.313 e. The van der Waals surface area contributed by atoms with Crippen LogP contribution in [-0.2, 0) is 23.1 Å². The predicted molar refractivity (Wildman–Crippen MR) is 77.2 cm³/mol. The fourth-order valence-electron chi connectivity index (χ4n) is 1.92. The van der Waals surface area contributed by atoms with Gasteiger partial charge in [-0.05, 0) is 13.0 Å². The maximum atomic E-state index is 10.7. The highest BCUT2D eigenvalue weighted by Crippen LogP contribution is 2.24. The minimum atomic E-state index is -0.890. The second kappa shape index (κ2) is 6.72. The first-order chi connectivity index (χ1) is 10.0. The van der Waals surface area contributed by atoms with Gasteiger partial charge in [-0.2, -0.15) is 5.10 Å². The van der Waals surface area contributed by atoms with Gasteiger partial charge in [0.05, 0.1) is 24.6 Å². The Morgan fingerprint density at radius 1 is 1.48 bits per heavy atom. The highest BCUT2D eigenvalue weighted by Gasteiger charge is 2.18. The molecule has 1 N–H and O–H groups in total. The van der Waals surface area contributed by atoms with Crippen LogP contribution in [0.3, 0.4) is 0 Å². The highest BCUT2D eigenvalue weighted by atomic mass is 32.2. The number of aromatic nitrogens is 5. The van der Waals surface area contributed by atoms with Crippen molar-refractivity contribution in [3.05, 3.63) is 11.8 Å². The number of ether oxygens (including phenoxy) is 1. The molecule has 0 aliphatic heterocycles. The van der Waals surface area contributed by atoms with E-state index in [1.807, 2.05) is 24.6 Å². The average molecular weight is 311 g/mol. The first-order valence-corrected chi connectivity index (χ1v) is 7.29. The molecule has 0 fully saturated rings. The number of carboxylic acid groups (broad SMARTS) is 1. The third-order valence-corrected chi connectivity index (χ3v) is 3.74. The van der Waals surface area contributed by atoms with Crippen molar-refractivity contribution >= 4 is 17.7 Å². The summed E-state index contributed by atoms with van der Waals surface area (Å²) in [4.78, 5) is 10.7. The number of rotatable bonds is 7. The van der Waals surface area contributed by atoms with E-state index in [-0.39, 0.29) is 5.75 Å². The number of carboxylic acids is 1. The van der Waals surface area contributed by atoms with Crippen molar-refractivity contribution in [3.63, 3.8) is 0 Å². The molecule has 0 bridgehead atoms. The minimum absolute atomic E-state index is 0.0600. The van der Waals surface area contributed by atoms with Gasteiger partial charge < -0.3 is 9.84 Å². The Morgan fingerprint density at radius 2 is 2.24 bits per heavy atom. The van der Waals surface area contributed by atoms with Crippen molar-refractivity contribution in [3.8, 4) is 11.5 Å². The molecule has 2 aromatic heterocycles. The van der Waals surface area contributed by atoms with Crippen LogP contribution in [0.15, 0.2) is 11.2 Å². The lowest BCUT2D eigenvalue weighted by Gasteiger charge is -2.09. The first-order valence-electron chi connectivity index (χ1n) is 6.30. The van der Waals surface area contributed by atoms with Crippen molar-refractivity contribution in [2.75, 3.05) is 19.5 Å². The Kier molecular flexibility index (Phi) is 4.97. The van der Waals surface area contributed by atoms with E-state index in [4.69, 9.17) is 9.84 Å². The molecule has 8 nitrogen and oxygen atoms in total. The molecule has 0 aliphatic rings. The summed E-state index contributed by atoms with van der Waals surface area (Å²) in [6.45, 7) is 2.94. The summed E-state index contributed by atoms with van der Waals surface area (Å²) >= 11 is 1.14. The Bertz CT molecular complexity index is 637. The monoisotopic (exact) mass is 311 g/mol. The molecule has 2 aromatic rings. The van der Waals surface area contributed by atoms with Crippen molar-refractivity contribution in [2.45, 2.75) is 18.6 Å². The number of carbonyl (C=O) groups is 1. The molecule has 0 radical (unpaired) electrons. The van der Waals surface area contributed by atoms with E-state index in [2.05, 4.69) is 15.3 Å². The van der Waals surface area contributed by atoms with Gasteiger partial charge in [-0.3, -0.25) is 14.0 Å². The fraction of sp³-hybridized carbons (Fsp3) is 0.500. The van der Waals surface area contributed by atoms with Crippen LogP contribution in [0.4, 0.5) is 0 Å². The zero-order chi connectivity index (χ0) is 15.4. The molecule has 21 heavy (non-hydrogen) atoms. The zero-order valence-corrected chi connectivity index (χ0v) is 12.9. The van der Waals surface area contributed by atoms with Gasteiger partial charge in [0.25, 0.3) is 0 Å². The van der Waals surface area contributed by atoms with Crippen LogP contribution < -0.4 is 0 Å². The van der Waals surface area contributed by atoms with E-state index in [0.29, 0.717) is 24.1 Å². The van der Waals surface area contributed by atoms with Gasteiger partial charge in [0, 0.05) is 14.2 Å². The molecule has 0 unspecified atom stereocenters. The first kappa shape index (κ1) is 15.5. The second-order valence-electron chi connectivity index (χ2n) is 4.43. The lowest BCUT2D eigenvalue weighted by Crippen LogP contribution is -2.10. The summed E-state index contributed by atoms with van der Waals surface area (Å²) < 4.78 is 8.68. The zero-order valence-electron chi connectivity index (χ0n) is 12.1. The van der Waals surface area contributed by atoms with Crippen LogP contribution >= 0.6 is 11.8 Å². The third-order valence-electron chi connectivity index (χ3n) is 2.79. The third kappa shape index (κ3) is 3.61. The number of methoxy groups -OCH3 is 1. The molecule has 0 aromatic carbocycles. The SMILES string of the molecule is COCCn1c(SCC(=O)O)nnc1-c1cc(C)nn1C. The summed E-state index contributed by atoms with van der Waals surface area (Å²) in [7, 11) is 3.45. The van der Waals surface area contributed by atoms with Crippen molar-refractivity contribution in [2.24, 2.45) is 7.05 Å². The van der Waals surface area contributed by atoms with Gasteiger partial charge in [-0.25, -0.2) is 0 Å². The summed E-state index contributed by atoms with van der Waals surface area (Å²) in [5.74, 6) is -0.294. The standard InChI is InChI=1S/C12H17N5O3S/c1-8-6-9(16(2)15-8)11-13-14-12(21-7-10(18)19)17(11)4-5-20-3/h6H,4-5,7H2,1-3H3,(H,18,19). The van der Waals surface area contributed by atoms with E-state index < -0.39 is 5.97 Å². The van der Waals surface area contributed by atoms with Crippen LogP contribution in [0.1, 0.15) is 5.69 Å². The van der Waals surface area contributed by atoms with Crippen LogP contribution in [0.2, 0.25) is 0 Å². The van der Waals surface area contributed by atoms with Crippen LogP contribution in [0.5, 0.6) is 0 Å². The van der Waals surface area contributed by atoms with E-state index in [0.717, 1.165) is 23.1 Å². The van der Waals surface area contributed by atoms with Crippen molar-refractivity contribution in [1.29, 1.82) is 0 Å². The molecular formula is C12H17N5O3S. The summed E-state index contributed by atoms with van der Waals surface area (Å²) in [5.41, 5.74) is 1.71. The molecule has 2 rings (SSSR count). The number of nitrogens with zero attached hydrogens (tertiary/aromatic N) is 5. The van der Waals surface area contributed by atoms with Crippen LogP contribution in [0, 0.1) is 6.92 Å². The van der Waals surface area contributed by atoms with Crippen molar-refractivity contribution < 1.29 is 14.6 Å². The topological polar surface area (TPSA) is 95.1 Å². The van der Waals surface area contributed by atoms with Gasteiger partial charge in [-0.15, -0.1) is 10.2 Å². The Morgan fingerprint density at radius 3 is 2.81 bits per heavy atom. The molecule has 114 valence electrons. The largest absolute Gasteiger partial charge is 0.481 e. The number of thioether (sulfide) groups is 1.